The number of sulfonamides is 1. The van der Waals surface area contributed by atoms with Gasteiger partial charge in [-0.2, -0.15) is 0 Å². The van der Waals surface area contributed by atoms with Crippen LogP contribution in [-0.4, -0.2) is 42.1 Å². The van der Waals surface area contributed by atoms with Crippen molar-refractivity contribution in [2.24, 2.45) is 0 Å². The summed E-state index contributed by atoms with van der Waals surface area (Å²) in [4.78, 5) is 24.6. The zero-order valence-corrected chi connectivity index (χ0v) is 23.4. The summed E-state index contributed by atoms with van der Waals surface area (Å²) < 4.78 is 65.8. The Morgan fingerprint density at radius 3 is 1.86 bits per heavy atom. The van der Waals surface area contributed by atoms with Gasteiger partial charge in [-0.3, -0.25) is 9.10 Å². The number of Topliss-reactive ketones (excluding diaryl/α,β-unsaturated/α-hetero) is 1. The van der Waals surface area contributed by atoms with Crippen LogP contribution >= 0.6 is 0 Å². The van der Waals surface area contributed by atoms with Crippen molar-refractivity contribution in [3.05, 3.63) is 130 Å². The predicted molar refractivity (Wildman–Crippen MR) is 151 cm³/mol. The van der Waals surface area contributed by atoms with Gasteiger partial charge in [0.25, 0.3) is 10.0 Å². The van der Waals surface area contributed by atoms with Gasteiger partial charge in [0, 0.05) is 16.7 Å². The van der Waals surface area contributed by atoms with Crippen LogP contribution in [0.25, 0.3) is 0 Å². The van der Waals surface area contributed by atoms with Crippen LogP contribution in [0.5, 0.6) is 0 Å². The van der Waals surface area contributed by atoms with E-state index < -0.39 is 87.0 Å². The highest BCUT2D eigenvalue weighted by atomic mass is 32.2. The number of ketones is 1. The SMILES string of the molecule is O=C(OCc1ccccc1)c1cccc(S(=O)(=O)N(Cc2ccccc2)c2c(F)c(CO)c(C(=O)CO)c(CO)c2F)c1. The highest BCUT2D eigenvalue weighted by molar-refractivity contribution is 7.92. The Kier molecular flexibility index (Phi) is 9.99. The number of nitrogens with zero attached hydrogens (tertiary/aromatic N) is 1. The molecule has 0 amide bonds. The molecule has 4 aromatic carbocycles. The molecule has 0 unspecified atom stereocenters. The van der Waals surface area contributed by atoms with E-state index in [-0.39, 0.29) is 12.2 Å². The molecule has 3 N–H and O–H groups in total. The minimum absolute atomic E-state index is 0.0833. The molecule has 0 aliphatic rings. The van der Waals surface area contributed by atoms with Gasteiger partial charge in [-0.25, -0.2) is 22.0 Å². The van der Waals surface area contributed by atoms with Gasteiger partial charge in [-0.05, 0) is 29.3 Å². The molecule has 0 fully saturated rings. The van der Waals surface area contributed by atoms with E-state index in [4.69, 9.17) is 4.74 Å². The third-order valence-corrected chi connectivity index (χ3v) is 8.32. The molecule has 43 heavy (non-hydrogen) atoms. The minimum atomic E-state index is -4.86. The molecule has 0 aliphatic carbocycles. The molecule has 0 aromatic heterocycles. The highest BCUT2D eigenvalue weighted by Gasteiger charge is 2.36. The van der Waals surface area contributed by atoms with Crippen LogP contribution in [0, 0.1) is 11.6 Å². The molecular weight excluding hydrogens is 584 g/mol. The van der Waals surface area contributed by atoms with E-state index in [9.17, 15) is 33.3 Å². The van der Waals surface area contributed by atoms with E-state index in [1.54, 1.807) is 48.5 Å². The smallest absolute Gasteiger partial charge is 0.338 e. The number of carbonyl (C=O) groups is 2. The summed E-state index contributed by atoms with van der Waals surface area (Å²) in [5.74, 6) is -5.18. The van der Waals surface area contributed by atoms with Crippen molar-refractivity contribution in [1.82, 2.24) is 0 Å². The number of ether oxygens (including phenoxy) is 1. The first-order chi connectivity index (χ1) is 20.6. The molecule has 4 aromatic rings. The van der Waals surface area contributed by atoms with E-state index in [1.807, 2.05) is 0 Å². The standard InChI is InChI=1S/C31H27F2NO8S/c32-28-24(16-35)27(26(38)18-37)25(17-36)29(33)30(28)34(15-20-8-3-1-4-9-20)43(40,41)23-13-7-12-22(14-23)31(39)42-19-21-10-5-2-6-11-21/h1-14,35-37H,15-19H2. The second kappa shape index (κ2) is 13.7. The molecule has 9 nitrogen and oxygen atoms in total. The molecule has 0 heterocycles. The zero-order valence-electron chi connectivity index (χ0n) is 22.6. The number of hydrogen-bond donors (Lipinski definition) is 3. The Morgan fingerprint density at radius 2 is 1.33 bits per heavy atom. The Hall–Kier alpha value is -4.49. The Balaban J connectivity index is 1.85. The number of benzene rings is 4. The van der Waals surface area contributed by atoms with Crippen LogP contribution < -0.4 is 4.31 Å². The van der Waals surface area contributed by atoms with E-state index >= 15 is 8.78 Å². The quantitative estimate of drug-likeness (QED) is 0.162. The molecule has 0 spiro atoms. The van der Waals surface area contributed by atoms with E-state index in [0.717, 1.165) is 12.1 Å². The normalized spacial score (nSPS) is 11.3. The number of halogens is 2. The topological polar surface area (TPSA) is 141 Å². The summed E-state index contributed by atoms with van der Waals surface area (Å²) in [5.41, 5.74) is -2.68. The van der Waals surface area contributed by atoms with E-state index in [0.29, 0.717) is 15.4 Å². The third-order valence-electron chi connectivity index (χ3n) is 6.58. The number of rotatable bonds is 12. The first-order valence-corrected chi connectivity index (χ1v) is 14.3. The van der Waals surface area contributed by atoms with E-state index in [1.165, 1.54) is 24.3 Å². The van der Waals surface area contributed by atoms with Crippen molar-refractivity contribution in [3.8, 4) is 0 Å². The molecule has 0 bridgehead atoms. The summed E-state index contributed by atoms with van der Waals surface area (Å²) in [6.07, 6.45) is 0. The van der Waals surface area contributed by atoms with Gasteiger partial charge >= 0.3 is 5.97 Å². The van der Waals surface area contributed by atoms with Crippen LogP contribution in [0.3, 0.4) is 0 Å². The van der Waals surface area contributed by atoms with Gasteiger partial charge in [0.05, 0.1) is 30.2 Å². The second-order valence-electron chi connectivity index (χ2n) is 9.29. The van der Waals surface area contributed by atoms with Crippen molar-refractivity contribution in [2.75, 3.05) is 10.9 Å². The molecule has 0 aliphatic heterocycles. The number of esters is 1. The van der Waals surface area contributed by atoms with Gasteiger partial charge in [-0.15, -0.1) is 0 Å². The lowest BCUT2D eigenvalue weighted by Gasteiger charge is -2.28. The fourth-order valence-electron chi connectivity index (χ4n) is 4.47. The summed E-state index contributed by atoms with van der Waals surface area (Å²) >= 11 is 0. The molecule has 0 saturated heterocycles. The number of hydrogen-bond acceptors (Lipinski definition) is 8. The van der Waals surface area contributed by atoms with Gasteiger partial charge in [0.15, 0.2) is 17.4 Å². The molecule has 12 heteroatoms. The summed E-state index contributed by atoms with van der Waals surface area (Å²) in [6, 6.07) is 21.3. The fraction of sp³-hybridized carbons (Fsp3) is 0.161. The highest BCUT2D eigenvalue weighted by Crippen LogP contribution is 2.37. The molecule has 0 radical (unpaired) electrons. The summed E-state index contributed by atoms with van der Waals surface area (Å²) in [7, 11) is -4.86. The minimum Gasteiger partial charge on any atom is -0.457 e. The van der Waals surface area contributed by atoms with Crippen LogP contribution in [0.15, 0.2) is 89.8 Å². The third kappa shape index (κ3) is 6.62. The fourth-order valence-corrected chi connectivity index (χ4v) is 5.97. The van der Waals surface area contributed by atoms with Gasteiger partial charge < -0.3 is 20.1 Å². The number of carbonyl (C=O) groups excluding carboxylic acids is 2. The number of anilines is 1. The van der Waals surface area contributed by atoms with Crippen molar-refractivity contribution in [2.45, 2.75) is 31.3 Å². The maximum Gasteiger partial charge on any atom is 0.338 e. The van der Waals surface area contributed by atoms with Crippen LogP contribution in [0.1, 0.15) is 43.0 Å². The van der Waals surface area contributed by atoms with Crippen molar-refractivity contribution in [3.63, 3.8) is 0 Å². The average Bonchev–Trinajstić information content (AvgIpc) is 3.03. The van der Waals surface area contributed by atoms with Crippen LogP contribution in [0.2, 0.25) is 0 Å². The Morgan fingerprint density at radius 1 is 0.767 bits per heavy atom. The first kappa shape index (κ1) is 31.4. The maximum absolute atomic E-state index is 16.0. The Labute approximate surface area is 246 Å². The monoisotopic (exact) mass is 611 g/mol. The molecule has 224 valence electrons. The van der Waals surface area contributed by atoms with Gasteiger partial charge in [0.1, 0.15) is 18.9 Å². The lowest BCUT2D eigenvalue weighted by atomic mass is 9.95. The van der Waals surface area contributed by atoms with Crippen molar-refractivity contribution < 1.29 is 46.8 Å². The Bertz CT molecular complexity index is 1700. The van der Waals surface area contributed by atoms with Gasteiger partial charge in [0.2, 0.25) is 0 Å². The van der Waals surface area contributed by atoms with Crippen molar-refractivity contribution >= 4 is 27.5 Å². The lowest BCUT2D eigenvalue weighted by molar-refractivity contribution is 0.0472. The van der Waals surface area contributed by atoms with E-state index in [2.05, 4.69) is 0 Å². The predicted octanol–water partition coefficient (Wildman–Crippen LogP) is 3.88. The molecule has 4 rings (SSSR count). The second-order valence-corrected chi connectivity index (χ2v) is 11.2. The van der Waals surface area contributed by atoms with Crippen LogP contribution in [-0.2, 0) is 41.1 Å². The summed E-state index contributed by atoms with van der Waals surface area (Å²) in [6.45, 7) is -4.22. The average molecular weight is 612 g/mol. The first-order valence-electron chi connectivity index (χ1n) is 12.9. The maximum atomic E-state index is 16.0. The molecule has 0 saturated carbocycles. The van der Waals surface area contributed by atoms with Crippen LogP contribution in [0.4, 0.5) is 14.5 Å². The molecule has 0 atom stereocenters. The number of aliphatic hydroxyl groups excluding tert-OH is 3. The zero-order chi connectivity index (χ0) is 31.1. The lowest BCUT2D eigenvalue weighted by Crippen LogP contribution is -2.33. The van der Waals surface area contributed by atoms with Crippen molar-refractivity contribution in [1.29, 1.82) is 0 Å². The van der Waals surface area contributed by atoms with Gasteiger partial charge in [-0.1, -0.05) is 66.7 Å². The largest absolute Gasteiger partial charge is 0.457 e. The number of aliphatic hydroxyl groups is 3. The molecular formula is C31H27F2NO8S. The summed E-state index contributed by atoms with van der Waals surface area (Å²) in [5, 5.41) is 29.1.